The van der Waals surface area contributed by atoms with E-state index >= 15 is 0 Å². The Morgan fingerprint density at radius 2 is 1.59 bits per heavy atom. The van der Waals surface area contributed by atoms with Gasteiger partial charge in [0.1, 0.15) is 18.3 Å². The van der Waals surface area contributed by atoms with Gasteiger partial charge in [-0.3, -0.25) is 13.9 Å². The molecule has 0 aliphatic heterocycles. The highest BCUT2D eigenvalue weighted by Crippen LogP contribution is 2.28. The molecule has 8 nitrogen and oxygen atoms in total. The van der Waals surface area contributed by atoms with Gasteiger partial charge in [0.25, 0.3) is 10.0 Å². The minimum atomic E-state index is -4.11. The highest BCUT2D eigenvalue weighted by molar-refractivity contribution is 7.92. The zero-order valence-electron chi connectivity index (χ0n) is 24.6. The van der Waals surface area contributed by atoms with Gasteiger partial charge >= 0.3 is 0 Å². The van der Waals surface area contributed by atoms with Crippen LogP contribution >= 0.6 is 0 Å². The molecule has 0 bridgehead atoms. The lowest BCUT2D eigenvalue weighted by Gasteiger charge is -2.33. The molecule has 3 rings (SSSR count). The largest absolute Gasteiger partial charge is 0.497 e. The van der Waals surface area contributed by atoms with Crippen LogP contribution in [-0.4, -0.2) is 51.4 Å². The van der Waals surface area contributed by atoms with Crippen molar-refractivity contribution < 1.29 is 22.7 Å². The number of amides is 2. The number of anilines is 1. The number of ether oxygens (including phenoxy) is 1. The van der Waals surface area contributed by atoms with Gasteiger partial charge in [0.2, 0.25) is 11.8 Å². The van der Waals surface area contributed by atoms with Crippen LogP contribution in [0.15, 0.2) is 77.7 Å². The summed E-state index contributed by atoms with van der Waals surface area (Å²) in [6.45, 7) is 7.79. The topological polar surface area (TPSA) is 96.0 Å². The van der Waals surface area contributed by atoms with E-state index < -0.39 is 28.5 Å². The van der Waals surface area contributed by atoms with Crippen molar-refractivity contribution in [2.75, 3.05) is 24.5 Å². The van der Waals surface area contributed by atoms with Crippen molar-refractivity contribution in [1.29, 1.82) is 0 Å². The number of methoxy groups -OCH3 is 1. The number of hydrogen-bond donors (Lipinski definition) is 1. The normalized spacial score (nSPS) is 11.9. The number of nitrogens with zero attached hydrogens (tertiary/aromatic N) is 2. The lowest BCUT2D eigenvalue weighted by Crippen LogP contribution is -2.52. The standard InChI is InChI=1S/C32H41N3O5S/c1-6-21-33-32(37)29(8-3)34(22-25-15-17-27(40-5)18-16-25)31(36)23-35(30-12-10-9-11-26(30)7-2)41(38,39)28-19-13-24(4)14-20-28/h9-20,29H,6-8,21-23H2,1-5H3,(H,33,37). The Labute approximate surface area is 244 Å². The molecule has 0 aliphatic carbocycles. The Bertz CT molecular complexity index is 1410. The smallest absolute Gasteiger partial charge is 0.264 e. The van der Waals surface area contributed by atoms with Crippen LogP contribution in [0, 0.1) is 6.92 Å². The van der Waals surface area contributed by atoms with Gasteiger partial charge in [0, 0.05) is 13.1 Å². The van der Waals surface area contributed by atoms with E-state index in [0.29, 0.717) is 30.8 Å². The number of carbonyl (C=O) groups is 2. The maximum Gasteiger partial charge on any atom is 0.264 e. The summed E-state index contributed by atoms with van der Waals surface area (Å²) in [6.07, 6.45) is 1.70. The number of nitrogens with one attached hydrogen (secondary N) is 1. The second-order valence-electron chi connectivity index (χ2n) is 9.89. The molecule has 9 heteroatoms. The summed E-state index contributed by atoms with van der Waals surface area (Å²) in [4.78, 5) is 29.0. The second kappa shape index (κ2) is 14.7. The van der Waals surface area contributed by atoms with E-state index in [4.69, 9.17) is 4.74 Å². The number of hydrogen-bond acceptors (Lipinski definition) is 5. The number of para-hydroxylation sites is 1. The first-order chi connectivity index (χ1) is 19.7. The number of sulfonamides is 1. The number of aryl methyl sites for hydroxylation is 2. The van der Waals surface area contributed by atoms with E-state index in [-0.39, 0.29) is 17.3 Å². The van der Waals surface area contributed by atoms with Crippen molar-refractivity contribution in [1.82, 2.24) is 10.2 Å². The van der Waals surface area contributed by atoms with Gasteiger partial charge in [-0.2, -0.15) is 0 Å². The van der Waals surface area contributed by atoms with Crippen LogP contribution in [0.3, 0.4) is 0 Å². The first-order valence-corrected chi connectivity index (χ1v) is 15.5. The third-order valence-electron chi connectivity index (χ3n) is 6.98. The molecule has 0 aliphatic rings. The van der Waals surface area contributed by atoms with Crippen molar-refractivity contribution >= 4 is 27.5 Å². The van der Waals surface area contributed by atoms with Gasteiger partial charge < -0.3 is 15.0 Å². The predicted octanol–water partition coefficient (Wildman–Crippen LogP) is 5.09. The van der Waals surface area contributed by atoms with Crippen LogP contribution in [0.2, 0.25) is 0 Å². The number of rotatable bonds is 14. The molecule has 1 atom stereocenters. The molecule has 0 saturated carbocycles. The first-order valence-electron chi connectivity index (χ1n) is 14.0. The maximum atomic E-state index is 14.2. The lowest BCUT2D eigenvalue weighted by atomic mass is 10.1. The highest BCUT2D eigenvalue weighted by atomic mass is 32.2. The van der Waals surface area contributed by atoms with Crippen LogP contribution in [0.1, 0.15) is 50.3 Å². The molecule has 0 radical (unpaired) electrons. The molecule has 2 amide bonds. The molecule has 1 unspecified atom stereocenters. The molecular formula is C32H41N3O5S. The zero-order valence-corrected chi connectivity index (χ0v) is 25.4. The second-order valence-corrected chi connectivity index (χ2v) is 11.8. The summed E-state index contributed by atoms with van der Waals surface area (Å²) in [5.41, 5.74) is 2.96. The van der Waals surface area contributed by atoms with Gasteiger partial charge in [0.05, 0.1) is 17.7 Å². The molecule has 3 aromatic rings. The Morgan fingerprint density at radius 1 is 0.927 bits per heavy atom. The van der Waals surface area contributed by atoms with E-state index in [1.165, 1.54) is 9.21 Å². The minimum absolute atomic E-state index is 0.0937. The maximum absolute atomic E-state index is 14.2. The average molecular weight is 580 g/mol. The quantitative estimate of drug-likeness (QED) is 0.287. The van der Waals surface area contributed by atoms with Crippen molar-refractivity contribution in [3.63, 3.8) is 0 Å². The zero-order chi connectivity index (χ0) is 30.0. The summed E-state index contributed by atoms with van der Waals surface area (Å²) in [5.74, 6) is -0.0649. The lowest BCUT2D eigenvalue weighted by molar-refractivity contribution is -0.140. The van der Waals surface area contributed by atoms with E-state index in [1.54, 1.807) is 55.6 Å². The summed E-state index contributed by atoms with van der Waals surface area (Å²) in [6, 6.07) is 20.3. The Morgan fingerprint density at radius 3 is 2.17 bits per heavy atom. The molecule has 1 N–H and O–H groups in total. The Balaban J connectivity index is 2.08. The van der Waals surface area contributed by atoms with Crippen LogP contribution in [0.4, 0.5) is 5.69 Å². The van der Waals surface area contributed by atoms with Crippen LogP contribution in [0.25, 0.3) is 0 Å². The third kappa shape index (κ3) is 7.88. The predicted molar refractivity (Wildman–Crippen MR) is 162 cm³/mol. The monoisotopic (exact) mass is 579 g/mol. The Hall–Kier alpha value is -3.85. The highest BCUT2D eigenvalue weighted by Gasteiger charge is 2.34. The third-order valence-corrected chi connectivity index (χ3v) is 8.75. The summed E-state index contributed by atoms with van der Waals surface area (Å²) < 4.78 is 34.6. The van der Waals surface area contributed by atoms with Crippen LogP contribution < -0.4 is 14.4 Å². The van der Waals surface area contributed by atoms with E-state index in [9.17, 15) is 18.0 Å². The summed E-state index contributed by atoms with van der Waals surface area (Å²) >= 11 is 0. The van der Waals surface area contributed by atoms with Gasteiger partial charge in [-0.1, -0.05) is 68.8 Å². The molecular weight excluding hydrogens is 538 g/mol. The van der Waals surface area contributed by atoms with Crippen molar-refractivity contribution in [2.24, 2.45) is 0 Å². The molecule has 41 heavy (non-hydrogen) atoms. The molecule has 0 saturated heterocycles. The van der Waals surface area contributed by atoms with Gasteiger partial charge in [-0.25, -0.2) is 8.42 Å². The van der Waals surface area contributed by atoms with Crippen LogP contribution in [0.5, 0.6) is 5.75 Å². The number of benzene rings is 3. The van der Waals surface area contributed by atoms with Crippen LogP contribution in [-0.2, 0) is 32.6 Å². The Kier molecular flexibility index (Phi) is 11.3. The summed E-state index contributed by atoms with van der Waals surface area (Å²) in [5, 5.41) is 2.90. The van der Waals surface area contributed by atoms with E-state index in [1.807, 2.05) is 52.0 Å². The molecule has 0 aromatic heterocycles. The first kappa shape index (κ1) is 31.7. The van der Waals surface area contributed by atoms with Crippen molar-refractivity contribution in [2.45, 2.75) is 64.4 Å². The fourth-order valence-corrected chi connectivity index (χ4v) is 6.07. The summed E-state index contributed by atoms with van der Waals surface area (Å²) in [7, 11) is -2.54. The van der Waals surface area contributed by atoms with Crippen molar-refractivity contribution in [3.8, 4) is 5.75 Å². The molecule has 220 valence electrons. The average Bonchev–Trinajstić information content (AvgIpc) is 2.99. The fourth-order valence-electron chi connectivity index (χ4n) is 4.62. The number of carbonyl (C=O) groups excluding carboxylic acids is 2. The fraction of sp³-hybridized carbons (Fsp3) is 0.375. The minimum Gasteiger partial charge on any atom is -0.497 e. The van der Waals surface area contributed by atoms with Crippen molar-refractivity contribution in [3.05, 3.63) is 89.5 Å². The SMILES string of the molecule is CCCNC(=O)C(CC)N(Cc1ccc(OC)cc1)C(=O)CN(c1ccccc1CC)S(=O)(=O)c1ccc(C)cc1. The molecule has 0 heterocycles. The molecule has 0 spiro atoms. The molecule has 3 aromatic carbocycles. The van der Waals surface area contributed by atoms with E-state index in [0.717, 1.165) is 23.1 Å². The van der Waals surface area contributed by atoms with Gasteiger partial charge in [-0.05, 0) is 67.6 Å². The van der Waals surface area contributed by atoms with Gasteiger partial charge in [0.15, 0.2) is 0 Å². The molecule has 0 fully saturated rings. The van der Waals surface area contributed by atoms with Gasteiger partial charge in [-0.15, -0.1) is 0 Å². The van der Waals surface area contributed by atoms with E-state index in [2.05, 4.69) is 5.32 Å².